The lowest BCUT2D eigenvalue weighted by molar-refractivity contribution is -0.129. The van der Waals surface area contributed by atoms with Gasteiger partial charge in [0.25, 0.3) is 5.91 Å². The van der Waals surface area contributed by atoms with Crippen molar-refractivity contribution >= 4 is 27.5 Å². The number of likely N-dealkylation sites (N-methyl/N-ethyl adjacent to an activating group) is 1. The Labute approximate surface area is 134 Å². The second-order valence-corrected chi connectivity index (χ2v) is 7.60. The largest absolute Gasteiger partial charge is 0.476 e. The average molecular weight is 341 g/mol. The standard InChI is InChI=1S/C14H19N3O5S/c1-14(2)13(19)16-10-6-5-9(7-11(10)22-14)23(20,21)15-8-12(18)17(3)4/h5-7,15H,8H2,1-4H3,(H,16,19). The van der Waals surface area contributed by atoms with E-state index in [2.05, 4.69) is 10.0 Å². The smallest absolute Gasteiger partial charge is 0.268 e. The van der Waals surface area contributed by atoms with E-state index in [-0.39, 0.29) is 29.0 Å². The average Bonchev–Trinajstić information content (AvgIpc) is 2.45. The third-order valence-electron chi connectivity index (χ3n) is 3.34. The van der Waals surface area contributed by atoms with Crippen LogP contribution in [0.15, 0.2) is 23.1 Å². The maximum absolute atomic E-state index is 12.2. The highest BCUT2D eigenvalue weighted by molar-refractivity contribution is 7.89. The molecule has 0 aliphatic carbocycles. The van der Waals surface area contributed by atoms with E-state index in [1.807, 2.05) is 0 Å². The highest BCUT2D eigenvalue weighted by Gasteiger charge is 2.35. The van der Waals surface area contributed by atoms with Gasteiger partial charge in [0.05, 0.1) is 17.1 Å². The first-order chi connectivity index (χ1) is 10.5. The van der Waals surface area contributed by atoms with E-state index >= 15 is 0 Å². The Kier molecular flexibility index (Phi) is 4.36. The molecule has 0 bridgehead atoms. The molecule has 2 N–H and O–H groups in total. The molecule has 1 aromatic carbocycles. The van der Waals surface area contributed by atoms with E-state index in [4.69, 9.17) is 4.74 Å². The van der Waals surface area contributed by atoms with Crippen molar-refractivity contribution < 1.29 is 22.7 Å². The lowest BCUT2D eigenvalue weighted by Crippen LogP contribution is -2.45. The number of hydrogen-bond donors (Lipinski definition) is 2. The van der Waals surface area contributed by atoms with Gasteiger partial charge in [-0.25, -0.2) is 13.1 Å². The van der Waals surface area contributed by atoms with Crippen molar-refractivity contribution in [2.45, 2.75) is 24.3 Å². The molecular formula is C14H19N3O5S. The molecule has 1 aliphatic rings. The zero-order chi connectivity index (χ0) is 17.4. The molecular weight excluding hydrogens is 322 g/mol. The van der Waals surface area contributed by atoms with E-state index in [9.17, 15) is 18.0 Å². The van der Waals surface area contributed by atoms with Crippen LogP contribution in [0.25, 0.3) is 0 Å². The summed E-state index contributed by atoms with van der Waals surface area (Å²) in [5.41, 5.74) is -0.693. The Morgan fingerprint density at radius 3 is 2.61 bits per heavy atom. The van der Waals surface area contributed by atoms with Gasteiger partial charge in [-0.05, 0) is 26.0 Å². The summed E-state index contributed by atoms with van der Waals surface area (Å²) in [5, 5.41) is 2.65. The molecule has 0 saturated carbocycles. The second-order valence-electron chi connectivity index (χ2n) is 5.84. The minimum atomic E-state index is -3.86. The topological polar surface area (TPSA) is 105 Å². The summed E-state index contributed by atoms with van der Waals surface area (Å²) in [6, 6.07) is 4.10. The number of carbonyl (C=O) groups is 2. The molecule has 23 heavy (non-hydrogen) atoms. The molecule has 1 aromatic rings. The third-order valence-corrected chi connectivity index (χ3v) is 4.73. The number of amides is 2. The minimum Gasteiger partial charge on any atom is -0.476 e. The molecule has 0 saturated heterocycles. The molecule has 0 aromatic heterocycles. The van der Waals surface area contributed by atoms with Crippen molar-refractivity contribution in [3.63, 3.8) is 0 Å². The van der Waals surface area contributed by atoms with Gasteiger partial charge in [-0.1, -0.05) is 0 Å². The highest BCUT2D eigenvalue weighted by atomic mass is 32.2. The van der Waals surface area contributed by atoms with E-state index in [1.165, 1.54) is 37.2 Å². The predicted molar refractivity (Wildman–Crippen MR) is 83.7 cm³/mol. The maximum atomic E-state index is 12.2. The van der Waals surface area contributed by atoms with Gasteiger partial charge in [-0.2, -0.15) is 0 Å². The van der Waals surface area contributed by atoms with Gasteiger partial charge in [0.1, 0.15) is 5.75 Å². The van der Waals surface area contributed by atoms with Crippen LogP contribution in [0.1, 0.15) is 13.8 Å². The van der Waals surface area contributed by atoms with Gasteiger partial charge >= 0.3 is 0 Å². The zero-order valence-corrected chi connectivity index (χ0v) is 14.2. The summed E-state index contributed by atoms with van der Waals surface area (Å²) < 4.78 is 32.3. The van der Waals surface area contributed by atoms with Crippen molar-refractivity contribution in [3.05, 3.63) is 18.2 Å². The fourth-order valence-electron chi connectivity index (χ4n) is 1.85. The molecule has 2 amide bonds. The summed E-state index contributed by atoms with van der Waals surface area (Å²) >= 11 is 0. The van der Waals surface area contributed by atoms with Crippen LogP contribution in [0.5, 0.6) is 5.75 Å². The molecule has 2 rings (SSSR count). The molecule has 0 radical (unpaired) electrons. The molecule has 0 unspecified atom stereocenters. The van der Waals surface area contributed by atoms with Gasteiger partial charge in [0.15, 0.2) is 5.60 Å². The number of fused-ring (bicyclic) bond motifs is 1. The molecule has 0 fully saturated rings. The van der Waals surface area contributed by atoms with Crippen LogP contribution in [0.3, 0.4) is 0 Å². The number of rotatable bonds is 4. The molecule has 126 valence electrons. The second kappa shape index (κ2) is 5.82. The van der Waals surface area contributed by atoms with Gasteiger partial charge in [0.2, 0.25) is 15.9 Å². The van der Waals surface area contributed by atoms with Crippen molar-refractivity contribution in [1.29, 1.82) is 0 Å². The van der Waals surface area contributed by atoms with Gasteiger partial charge in [-0.15, -0.1) is 0 Å². The van der Waals surface area contributed by atoms with Crippen LogP contribution >= 0.6 is 0 Å². The van der Waals surface area contributed by atoms with Crippen LogP contribution in [0.4, 0.5) is 5.69 Å². The first-order valence-electron chi connectivity index (χ1n) is 6.87. The molecule has 1 heterocycles. The van der Waals surface area contributed by atoms with Crippen LogP contribution in [0.2, 0.25) is 0 Å². The summed E-state index contributed by atoms with van der Waals surface area (Å²) in [6.45, 7) is 2.83. The van der Waals surface area contributed by atoms with Gasteiger partial charge in [0, 0.05) is 20.2 Å². The Hall–Kier alpha value is -2.13. The van der Waals surface area contributed by atoms with Crippen molar-refractivity contribution in [2.24, 2.45) is 0 Å². The number of ether oxygens (including phenoxy) is 1. The molecule has 0 spiro atoms. The number of hydrogen-bond acceptors (Lipinski definition) is 5. The van der Waals surface area contributed by atoms with E-state index in [1.54, 1.807) is 13.8 Å². The summed E-state index contributed by atoms with van der Waals surface area (Å²) in [6.07, 6.45) is 0. The van der Waals surface area contributed by atoms with E-state index in [0.29, 0.717) is 5.69 Å². The Balaban J connectivity index is 2.25. The minimum absolute atomic E-state index is 0.0465. The normalized spacial score (nSPS) is 16.1. The quantitative estimate of drug-likeness (QED) is 0.812. The Morgan fingerprint density at radius 2 is 2.00 bits per heavy atom. The van der Waals surface area contributed by atoms with Crippen LogP contribution < -0.4 is 14.8 Å². The number of sulfonamides is 1. The van der Waals surface area contributed by atoms with Crippen LogP contribution in [-0.2, 0) is 19.6 Å². The van der Waals surface area contributed by atoms with Crippen LogP contribution in [-0.4, -0.2) is 51.4 Å². The van der Waals surface area contributed by atoms with Gasteiger partial charge < -0.3 is 15.0 Å². The van der Waals surface area contributed by atoms with Crippen molar-refractivity contribution in [2.75, 3.05) is 26.0 Å². The number of carbonyl (C=O) groups excluding carboxylic acids is 2. The lowest BCUT2D eigenvalue weighted by atomic mass is 10.1. The van der Waals surface area contributed by atoms with Crippen molar-refractivity contribution in [1.82, 2.24) is 9.62 Å². The summed E-state index contributed by atoms with van der Waals surface area (Å²) in [4.78, 5) is 24.5. The summed E-state index contributed by atoms with van der Waals surface area (Å²) in [5.74, 6) is -0.414. The Morgan fingerprint density at radius 1 is 1.35 bits per heavy atom. The Bertz CT molecular complexity index is 756. The highest BCUT2D eigenvalue weighted by Crippen LogP contribution is 2.35. The molecule has 1 aliphatic heterocycles. The first-order valence-corrected chi connectivity index (χ1v) is 8.35. The van der Waals surface area contributed by atoms with Gasteiger partial charge in [-0.3, -0.25) is 9.59 Å². The van der Waals surface area contributed by atoms with Crippen LogP contribution in [0, 0.1) is 0 Å². The van der Waals surface area contributed by atoms with E-state index < -0.39 is 15.6 Å². The monoisotopic (exact) mass is 341 g/mol. The predicted octanol–water partition coefficient (Wildman–Crippen LogP) is 0.163. The van der Waals surface area contributed by atoms with E-state index in [0.717, 1.165) is 0 Å². The number of nitrogens with one attached hydrogen (secondary N) is 2. The molecule has 8 nitrogen and oxygen atoms in total. The molecule has 9 heteroatoms. The van der Waals surface area contributed by atoms with Crippen molar-refractivity contribution in [3.8, 4) is 5.75 Å². The first kappa shape index (κ1) is 17.2. The fraction of sp³-hybridized carbons (Fsp3) is 0.429. The molecule has 0 atom stereocenters. The lowest BCUT2D eigenvalue weighted by Gasteiger charge is -2.31. The number of benzene rings is 1. The maximum Gasteiger partial charge on any atom is 0.268 e. The summed E-state index contributed by atoms with van der Waals surface area (Å²) in [7, 11) is -0.792. The third kappa shape index (κ3) is 3.62. The SMILES string of the molecule is CN(C)C(=O)CNS(=O)(=O)c1ccc2c(c1)OC(C)(C)C(=O)N2. The zero-order valence-electron chi connectivity index (χ0n) is 13.3. The number of anilines is 1. The number of nitrogens with zero attached hydrogens (tertiary/aromatic N) is 1. The fourth-order valence-corrected chi connectivity index (χ4v) is 2.84.